The van der Waals surface area contributed by atoms with E-state index in [0.29, 0.717) is 11.4 Å². The van der Waals surface area contributed by atoms with Crippen molar-refractivity contribution >= 4 is 64.2 Å². The van der Waals surface area contributed by atoms with Gasteiger partial charge in [-0.05, 0) is 19.9 Å². The maximum atomic E-state index is 12.6. The molecule has 0 aliphatic carbocycles. The Kier molecular flexibility index (Phi) is 4.01. The SMILES string of the molecule is Cc1cc(C)nc(N2C(=O)c3c(Cl)c(Cl)c(Cl)c(Cl)c3C2=O)n1. The number of imide groups is 1. The average Bonchev–Trinajstić information content (AvgIpc) is 2.73. The predicted octanol–water partition coefficient (Wildman–Crippen LogP) is 4.51. The Balaban J connectivity index is 2.26. The van der Waals surface area contributed by atoms with Crippen molar-refractivity contribution in [2.24, 2.45) is 0 Å². The van der Waals surface area contributed by atoms with Gasteiger partial charge in [-0.15, -0.1) is 0 Å². The molecule has 0 radical (unpaired) electrons. The molecule has 1 aromatic carbocycles. The van der Waals surface area contributed by atoms with Crippen molar-refractivity contribution in [1.82, 2.24) is 9.97 Å². The molecule has 2 heterocycles. The lowest BCUT2D eigenvalue weighted by atomic mass is 10.1. The van der Waals surface area contributed by atoms with Gasteiger partial charge < -0.3 is 0 Å². The molecule has 0 unspecified atom stereocenters. The third-order valence-electron chi connectivity index (χ3n) is 3.27. The van der Waals surface area contributed by atoms with Crippen LogP contribution in [0.2, 0.25) is 20.1 Å². The van der Waals surface area contributed by atoms with Crippen LogP contribution in [-0.4, -0.2) is 21.8 Å². The van der Waals surface area contributed by atoms with Gasteiger partial charge >= 0.3 is 0 Å². The number of hydrogen-bond donors (Lipinski definition) is 0. The lowest BCUT2D eigenvalue weighted by Crippen LogP contribution is -2.31. The number of fused-ring (bicyclic) bond motifs is 1. The first-order chi connectivity index (χ1) is 10.7. The van der Waals surface area contributed by atoms with Crippen molar-refractivity contribution in [2.75, 3.05) is 4.90 Å². The van der Waals surface area contributed by atoms with E-state index in [1.165, 1.54) is 0 Å². The molecular weight excluding hydrogens is 384 g/mol. The zero-order chi connectivity index (χ0) is 17.0. The van der Waals surface area contributed by atoms with Crippen LogP contribution in [0, 0.1) is 13.8 Å². The number of hydrogen-bond acceptors (Lipinski definition) is 4. The summed E-state index contributed by atoms with van der Waals surface area (Å²) >= 11 is 24.1. The molecule has 0 spiro atoms. The van der Waals surface area contributed by atoms with Gasteiger partial charge in [0.1, 0.15) is 0 Å². The van der Waals surface area contributed by atoms with Crippen molar-refractivity contribution in [3.05, 3.63) is 48.7 Å². The molecule has 0 fully saturated rings. The number of carbonyl (C=O) groups is 2. The fourth-order valence-electron chi connectivity index (χ4n) is 2.34. The summed E-state index contributed by atoms with van der Waals surface area (Å²) in [5.74, 6) is -1.44. The molecular formula is C14H7Cl4N3O2. The fraction of sp³-hybridized carbons (Fsp3) is 0.143. The lowest BCUT2D eigenvalue weighted by molar-refractivity contribution is 0.0924. The summed E-state index contributed by atoms with van der Waals surface area (Å²) in [7, 11) is 0. The van der Waals surface area contributed by atoms with Crippen LogP contribution in [0.1, 0.15) is 32.1 Å². The number of nitrogens with zero attached hydrogens (tertiary/aromatic N) is 3. The van der Waals surface area contributed by atoms with Gasteiger partial charge in [0.15, 0.2) is 0 Å². The Labute approximate surface area is 151 Å². The first-order valence-electron chi connectivity index (χ1n) is 6.31. The van der Waals surface area contributed by atoms with Crippen LogP contribution in [-0.2, 0) is 0 Å². The molecule has 2 aromatic rings. The molecule has 3 rings (SSSR count). The first-order valence-corrected chi connectivity index (χ1v) is 7.82. The van der Waals surface area contributed by atoms with Gasteiger partial charge in [0.2, 0.25) is 5.95 Å². The van der Waals surface area contributed by atoms with E-state index in [1.807, 2.05) is 0 Å². The molecule has 0 saturated carbocycles. The number of aryl methyl sites for hydroxylation is 2. The van der Waals surface area contributed by atoms with Gasteiger partial charge in [-0.25, -0.2) is 14.9 Å². The number of anilines is 1. The lowest BCUT2D eigenvalue weighted by Gasteiger charge is -2.12. The summed E-state index contributed by atoms with van der Waals surface area (Å²) in [5.41, 5.74) is 1.02. The number of halogens is 4. The van der Waals surface area contributed by atoms with Crippen LogP contribution in [0.15, 0.2) is 6.07 Å². The summed E-state index contributed by atoms with van der Waals surface area (Å²) in [4.78, 5) is 34.4. The highest BCUT2D eigenvalue weighted by atomic mass is 35.5. The van der Waals surface area contributed by atoms with Crippen LogP contribution in [0.3, 0.4) is 0 Å². The van der Waals surface area contributed by atoms with E-state index >= 15 is 0 Å². The molecule has 0 saturated heterocycles. The largest absolute Gasteiger partial charge is 0.270 e. The maximum Gasteiger partial charge on any atom is 0.270 e. The second-order valence-electron chi connectivity index (χ2n) is 4.90. The van der Waals surface area contributed by atoms with Crippen molar-refractivity contribution in [3.63, 3.8) is 0 Å². The van der Waals surface area contributed by atoms with E-state index in [4.69, 9.17) is 46.4 Å². The summed E-state index contributed by atoms with van der Waals surface area (Å²) in [6.07, 6.45) is 0. The normalized spacial score (nSPS) is 13.7. The number of aromatic nitrogens is 2. The molecule has 2 amide bonds. The van der Waals surface area contributed by atoms with Crippen molar-refractivity contribution < 1.29 is 9.59 Å². The Bertz CT molecular complexity index is 831. The minimum Gasteiger partial charge on any atom is -0.268 e. The highest BCUT2D eigenvalue weighted by molar-refractivity contribution is 6.56. The summed E-state index contributed by atoms with van der Waals surface area (Å²) < 4.78 is 0. The topological polar surface area (TPSA) is 63.2 Å². The predicted molar refractivity (Wildman–Crippen MR) is 89.1 cm³/mol. The molecule has 9 heteroatoms. The third kappa shape index (κ3) is 2.39. The minimum absolute atomic E-state index is 0.0481. The Morgan fingerprint density at radius 1 is 0.783 bits per heavy atom. The van der Waals surface area contributed by atoms with Crippen LogP contribution in [0.25, 0.3) is 0 Å². The number of rotatable bonds is 1. The molecule has 118 valence electrons. The fourth-order valence-corrected chi connectivity index (χ4v) is 3.35. The van der Waals surface area contributed by atoms with Crippen molar-refractivity contribution in [1.29, 1.82) is 0 Å². The second-order valence-corrected chi connectivity index (χ2v) is 6.41. The third-order valence-corrected chi connectivity index (χ3v) is 5.07. The summed E-state index contributed by atoms with van der Waals surface area (Å²) in [5, 5.41) is -0.412. The maximum absolute atomic E-state index is 12.6. The molecule has 23 heavy (non-hydrogen) atoms. The van der Waals surface area contributed by atoms with Gasteiger partial charge in [-0.2, -0.15) is 0 Å². The van der Waals surface area contributed by atoms with Crippen LogP contribution in [0.5, 0.6) is 0 Å². The van der Waals surface area contributed by atoms with Gasteiger partial charge in [-0.3, -0.25) is 9.59 Å². The molecule has 1 aliphatic rings. The van der Waals surface area contributed by atoms with Gasteiger partial charge in [0.25, 0.3) is 11.8 Å². The summed E-state index contributed by atoms with van der Waals surface area (Å²) in [6, 6.07) is 1.72. The second kappa shape index (κ2) is 5.60. The van der Waals surface area contributed by atoms with E-state index in [9.17, 15) is 9.59 Å². The molecule has 5 nitrogen and oxygen atoms in total. The van der Waals surface area contributed by atoms with E-state index in [2.05, 4.69) is 9.97 Å². The van der Waals surface area contributed by atoms with Gasteiger partial charge in [0.05, 0.1) is 31.2 Å². The molecule has 1 aromatic heterocycles. The average molecular weight is 391 g/mol. The van der Waals surface area contributed by atoms with Gasteiger partial charge in [-0.1, -0.05) is 46.4 Å². The van der Waals surface area contributed by atoms with Crippen molar-refractivity contribution in [3.8, 4) is 0 Å². The van der Waals surface area contributed by atoms with Gasteiger partial charge in [0, 0.05) is 11.4 Å². The minimum atomic E-state index is -0.694. The van der Waals surface area contributed by atoms with E-state index < -0.39 is 11.8 Å². The molecule has 0 N–H and O–H groups in total. The number of carbonyl (C=O) groups excluding carboxylic acids is 2. The molecule has 0 atom stereocenters. The molecule has 0 bridgehead atoms. The van der Waals surface area contributed by atoms with Crippen LogP contribution in [0.4, 0.5) is 5.95 Å². The zero-order valence-corrected chi connectivity index (χ0v) is 14.8. The highest BCUT2D eigenvalue weighted by Gasteiger charge is 2.43. The van der Waals surface area contributed by atoms with E-state index in [0.717, 1.165) is 4.90 Å². The van der Waals surface area contributed by atoms with Crippen LogP contribution >= 0.6 is 46.4 Å². The number of amides is 2. The summed E-state index contributed by atoms with van der Waals surface area (Å²) in [6.45, 7) is 3.45. The standard InChI is InChI=1S/C14H7Cl4N3O2/c1-4-3-5(2)20-14(19-4)21-12(22)6-7(13(21)23)9(16)11(18)10(17)8(6)15/h3H,1-2H3. The Morgan fingerprint density at radius 3 is 1.57 bits per heavy atom. The Morgan fingerprint density at radius 2 is 1.17 bits per heavy atom. The quantitative estimate of drug-likeness (QED) is 0.408. The first kappa shape index (κ1) is 16.5. The zero-order valence-electron chi connectivity index (χ0n) is 11.7. The highest BCUT2D eigenvalue weighted by Crippen LogP contribution is 2.45. The van der Waals surface area contributed by atoms with Crippen molar-refractivity contribution in [2.45, 2.75) is 13.8 Å². The molecule has 1 aliphatic heterocycles. The van der Waals surface area contributed by atoms with E-state index in [1.54, 1.807) is 19.9 Å². The smallest absolute Gasteiger partial charge is 0.268 e. The number of benzene rings is 1. The monoisotopic (exact) mass is 389 g/mol. The van der Waals surface area contributed by atoms with E-state index in [-0.39, 0.29) is 37.2 Å². The Hall–Kier alpha value is -1.40. The van der Waals surface area contributed by atoms with Crippen LogP contribution < -0.4 is 4.90 Å².